The molecule has 1 fully saturated rings. The van der Waals surface area contributed by atoms with Crippen LogP contribution in [0.25, 0.3) is 5.69 Å². The van der Waals surface area contributed by atoms with Crippen LogP contribution in [0.1, 0.15) is 34.3 Å². The van der Waals surface area contributed by atoms with Crippen molar-refractivity contribution in [1.29, 1.82) is 5.26 Å². The van der Waals surface area contributed by atoms with Crippen molar-refractivity contribution >= 4 is 17.4 Å². The van der Waals surface area contributed by atoms with Gasteiger partial charge in [0.15, 0.2) is 0 Å². The normalized spacial score (nSPS) is 16.0. The largest absolute Gasteiger partial charge is 0.382 e. The zero-order chi connectivity index (χ0) is 22.0. The van der Waals surface area contributed by atoms with Crippen LogP contribution >= 0.6 is 0 Å². The molecule has 1 aromatic heterocycles. The molecule has 4 rings (SSSR count). The van der Waals surface area contributed by atoms with Crippen molar-refractivity contribution in [3.8, 4) is 11.8 Å². The number of nitriles is 1. The Labute approximate surface area is 179 Å². The summed E-state index contributed by atoms with van der Waals surface area (Å²) in [5, 5.41) is 16.2. The predicted molar refractivity (Wildman–Crippen MR) is 117 cm³/mol. The first-order valence-corrected chi connectivity index (χ1v) is 10.1. The summed E-state index contributed by atoms with van der Waals surface area (Å²) in [5.41, 5.74) is 8.97. The molecule has 1 unspecified atom stereocenters. The second-order valence-corrected chi connectivity index (χ2v) is 7.73. The number of nitrogens with two attached hydrogens (primary N) is 1. The summed E-state index contributed by atoms with van der Waals surface area (Å²) >= 11 is 0. The number of amides is 1. The SMILES string of the molecule is Cc1ccc(F)c(N2CCCC(NC(=O)c3ccc(-n4ncc(C#N)c4N)cc3)C2)c1. The summed E-state index contributed by atoms with van der Waals surface area (Å²) in [6.45, 7) is 3.26. The van der Waals surface area contributed by atoms with Gasteiger partial charge in [-0.15, -0.1) is 0 Å². The van der Waals surface area contributed by atoms with E-state index in [1.807, 2.05) is 24.0 Å². The van der Waals surface area contributed by atoms with Crippen LogP contribution in [0.3, 0.4) is 0 Å². The number of benzene rings is 2. The van der Waals surface area contributed by atoms with Crippen molar-refractivity contribution in [2.75, 3.05) is 23.7 Å². The Kier molecular flexibility index (Phi) is 5.58. The lowest BCUT2D eigenvalue weighted by Crippen LogP contribution is -2.48. The van der Waals surface area contributed by atoms with E-state index in [0.717, 1.165) is 24.9 Å². The molecule has 1 aliphatic heterocycles. The third kappa shape index (κ3) is 4.21. The lowest BCUT2D eigenvalue weighted by atomic mass is 10.0. The minimum Gasteiger partial charge on any atom is -0.382 e. The fourth-order valence-corrected chi connectivity index (χ4v) is 3.85. The quantitative estimate of drug-likeness (QED) is 0.678. The number of nitrogen functional groups attached to an aromatic ring is 1. The Morgan fingerprint density at radius 2 is 2.06 bits per heavy atom. The van der Waals surface area contributed by atoms with Gasteiger partial charge in [0.05, 0.1) is 17.6 Å². The zero-order valence-corrected chi connectivity index (χ0v) is 17.2. The molecule has 1 amide bonds. The minimum absolute atomic E-state index is 0.0687. The van der Waals surface area contributed by atoms with Gasteiger partial charge in [0.25, 0.3) is 5.91 Å². The number of carbonyl (C=O) groups excluding carboxylic acids is 1. The third-order valence-electron chi connectivity index (χ3n) is 5.50. The molecule has 8 heteroatoms. The van der Waals surface area contributed by atoms with Crippen molar-refractivity contribution in [1.82, 2.24) is 15.1 Å². The molecule has 31 heavy (non-hydrogen) atoms. The van der Waals surface area contributed by atoms with Crippen LogP contribution in [0, 0.1) is 24.1 Å². The first-order valence-electron chi connectivity index (χ1n) is 10.1. The van der Waals surface area contributed by atoms with Gasteiger partial charge in [0, 0.05) is 24.7 Å². The first-order chi connectivity index (χ1) is 15.0. The fourth-order valence-electron chi connectivity index (χ4n) is 3.85. The maximum Gasteiger partial charge on any atom is 0.251 e. The van der Waals surface area contributed by atoms with Gasteiger partial charge in [0.1, 0.15) is 23.3 Å². The summed E-state index contributed by atoms with van der Waals surface area (Å²) in [7, 11) is 0. The molecule has 158 valence electrons. The van der Waals surface area contributed by atoms with Crippen molar-refractivity contribution in [2.24, 2.45) is 0 Å². The predicted octanol–water partition coefficient (Wildman–Crippen LogP) is 3.17. The van der Waals surface area contributed by atoms with E-state index >= 15 is 0 Å². The van der Waals surface area contributed by atoms with Gasteiger partial charge in [-0.1, -0.05) is 6.07 Å². The van der Waals surface area contributed by atoms with E-state index in [4.69, 9.17) is 11.0 Å². The number of carbonyl (C=O) groups is 1. The highest BCUT2D eigenvalue weighted by Gasteiger charge is 2.24. The molecule has 3 N–H and O–H groups in total. The lowest BCUT2D eigenvalue weighted by Gasteiger charge is -2.35. The number of hydrogen-bond donors (Lipinski definition) is 2. The molecule has 1 atom stereocenters. The lowest BCUT2D eigenvalue weighted by molar-refractivity contribution is 0.0933. The molecule has 0 aliphatic carbocycles. The first kappa shape index (κ1) is 20.4. The number of aryl methyl sites for hydroxylation is 1. The van der Waals surface area contributed by atoms with Gasteiger partial charge >= 0.3 is 0 Å². The van der Waals surface area contributed by atoms with E-state index in [9.17, 15) is 9.18 Å². The number of piperidine rings is 1. The number of nitrogens with one attached hydrogen (secondary N) is 1. The second-order valence-electron chi connectivity index (χ2n) is 7.73. The monoisotopic (exact) mass is 418 g/mol. The van der Waals surface area contributed by atoms with Gasteiger partial charge in [-0.3, -0.25) is 4.79 Å². The average molecular weight is 418 g/mol. The van der Waals surface area contributed by atoms with Crippen molar-refractivity contribution in [3.63, 3.8) is 0 Å². The van der Waals surface area contributed by atoms with Crippen LogP contribution < -0.4 is 16.0 Å². The van der Waals surface area contributed by atoms with Gasteiger partial charge in [-0.25, -0.2) is 9.07 Å². The molecule has 0 spiro atoms. The van der Waals surface area contributed by atoms with E-state index in [1.54, 1.807) is 30.3 Å². The van der Waals surface area contributed by atoms with E-state index in [1.165, 1.54) is 16.9 Å². The van der Waals surface area contributed by atoms with Crippen LogP contribution in [0.15, 0.2) is 48.7 Å². The Bertz CT molecular complexity index is 1150. The van der Waals surface area contributed by atoms with Crippen LogP contribution in [0.2, 0.25) is 0 Å². The van der Waals surface area contributed by atoms with Crippen LogP contribution in [-0.2, 0) is 0 Å². The van der Waals surface area contributed by atoms with Crippen LogP contribution in [0.4, 0.5) is 15.9 Å². The molecular formula is C23H23FN6O. The van der Waals surface area contributed by atoms with E-state index in [0.29, 0.717) is 29.0 Å². The smallest absolute Gasteiger partial charge is 0.251 e. The molecule has 0 radical (unpaired) electrons. The summed E-state index contributed by atoms with van der Waals surface area (Å²) in [4.78, 5) is 14.7. The van der Waals surface area contributed by atoms with E-state index in [-0.39, 0.29) is 23.6 Å². The van der Waals surface area contributed by atoms with Gasteiger partial charge in [-0.05, 0) is 61.7 Å². The number of nitrogens with zero attached hydrogens (tertiary/aromatic N) is 4. The van der Waals surface area contributed by atoms with Crippen LogP contribution in [0.5, 0.6) is 0 Å². The fraction of sp³-hybridized carbons (Fsp3) is 0.261. The summed E-state index contributed by atoms with van der Waals surface area (Å²) in [5.74, 6) is -0.176. The second kappa shape index (κ2) is 8.48. The molecule has 3 aromatic rings. The van der Waals surface area contributed by atoms with Crippen molar-refractivity contribution in [3.05, 3.63) is 71.2 Å². The Morgan fingerprint density at radius 3 is 2.77 bits per heavy atom. The van der Waals surface area contributed by atoms with Crippen LogP contribution in [-0.4, -0.2) is 34.8 Å². The average Bonchev–Trinajstić information content (AvgIpc) is 3.16. The maximum atomic E-state index is 14.3. The van der Waals surface area contributed by atoms with Gasteiger partial charge in [0.2, 0.25) is 0 Å². The topological polar surface area (TPSA) is 100.0 Å². The minimum atomic E-state index is -0.245. The van der Waals surface area contributed by atoms with E-state index in [2.05, 4.69) is 10.4 Å². The third-order valence-corrected chi connectivity index (χ3v) is 5.50. The Hall–Kier alpha value is -3.86. The molecule has 2 heterocycles. The highest BCUT2D eigenvalue weighted by molar-refractivity contribution is 5.94. The summed E-state index contributed by atoms with van der Waals surface area (Å²) in [6, 6.07) is 13.8. The summed E-state index contributed by atoms with van der Waals surface area (Å²) < 4.78 is 15.7. The van der Waals surface area contributed by atoms with Crippen molar-refractivity contribution < 1.29 is 9.18 Å². The van der Waals surface area contributed by atoms with E-state index < -0.39 is 0 Å². The number of aromatic nitrogens is 2. The van der Waals surface area contributed by atoms with Gasteiger partial charge < -0.3 is 16.0 Å². The number of hydrogen-bond acceptors (Lipinski definition) is 5. The number of rotatable bonds is 4. The molecular weight excluding hydrogens is 395 g/mol. The molecule has 7 nitrogen and oxygen atoms in total. The summed E-state index contributed by atoms with van der Waals surface area (Å²) in [6.07, 6.45) is 3.12. The highest BCUT2D eigenvalue weighted by atomic mass is 19.1. The molecule has 0 saturated carbocycles. The molecule has 1 saturated heterocycles. The zero-order valence-electron chi connectivity index (χ0n) is 17.2. The molecule has 0 bridgehead atoms. The number of halogens is 1. The Morgan fingerprint density at radius 1 is 1.29 bits per heavy atom. The molecule has 2 aromatic carbocycles. The standard InChI is InChI=1S/C23H23FN6O/c1-15-4-9-20(24)21(11-15)29-10-2-3-18(14-29)28-23(31)16-5-7-19(8-6-16)30-22(26)17(12-25)13-27-30/h4-9,11,13,18H,2-3,10,14,26H2,1H3,(H,28,31). The molecule has 1 aliphatic rings. The number of anilines is 2. The Balaban J connectivity index is 1.43. The maximum absolute atomic E-state index is 14.3. The van der Waals surface area contributed by atoms with Crippen molar-refractivity contribution in [2.45, 2.75) is 25.8 Å². The van der Waals surface area contributed by atoms with Gasteiger partial charge in [-0.2, -0.15) is 10.4 Å². The highest BCUT2D eigenvalue weighted by Crippen LogP contribution is 2.25.